The molecule has 3 rings (SSSR count). The summed E-state index contributed by atoms with van der Waals surface area (Å²) >= 11 is 0. The number of likely N-dealkylation sites (N-methyl/N-ethyl adjacent to an activating group) is 1. The van der Waals surface area contributed by atoms with E-state index in [-0.39, 0.29) is 37.3 Å². The maximum absolute atomic E-state index is 12.9. The number of hydrogen-bond donors (Lipinski definition) is 3. The molecule has 0 aromatic heterocycles. The van der Waals surface area contributed by atoms with E-state index in [0.717, 1.165) is 25.7 Å². The van der Waals surface area contributed by atoms with Crippen LogP contribution < -0.4 is 5.32 Å². The van der Waals surface area contributed by atoms with Crippen molar-refractivity contribution in [2.24, 2.45) is 0 Å². The predicted molar refractivity (Wildman–Crippen MR) is 102 cm³/mol. The van der Waals surface area contributed by atoms with Crippen molar-refractivity contribution in [2.75, 3.05) is 26.2 Å². The lowest BCUT2D eigenvalue weighted by molar-refractivity contribution is -0.139. The standard InChI is InChI=1S/C20H29N3O4/c1-2-22(13-19(25)26)16-11-15(12-16)21-20(27)23(9-10-24)18-8-7-14-5-3-4-6-17(14)18/h3-6,15-16,18,24H,2,7-13H2,1H3,(H,21,27)(H,25,26). The van der Waals surface area contributed by atoms with Gasteiger partial charge in [-0.3, -0.25) is 9.69 Å². The average molecular weight is 375 g/mol. The third kappa shape index (κ3) is 4.42. The van der Waals surface area contributed by atoms with Gasteiger partial charge in [-0.2, -0.15) is 0 Å². The largest absolute Gasteiger partial charge is 0.480 e. The molecule has 1 atom stereocenters. The Bertz CT molecular complexity index is 675. The Balaban J connectivity index is 1.57. The van der Waals surface area contributed by atoms with E-state index in [4.69, 9.17) is 5.11 Å². The van der Waals surface area contributed by atoms with E-state index >= 15 is 0 Å². The summed E-state index contributed by atoms with van der Waals surface area (Å²) in [4.78, 5) is 27.5. The summed E-state index contributed by atoms with van der Waals surface area (Å²) in [6.07, 6.45) is 3.35. The molecular weight excluding hydrogens is 346 g/mol. The van der Waals surface area contributed by atoms with Gasteiger partial charge in [0.05, 0.1) is 19.2 Å². The molecule has 27 heavy (non-hydrogen) atoms. The van der Waals surface area contributed by atoms with Crippen molar-refractivity contribution in [1.29, 1.82) is 0 Å². The number of nitrogens with one attached hydrogen (secondary N) is 1. The summed E-state index contributed by atoms with van der Waals surface area (Å²) in [5, 5.41) is 21.5. The summed E-state index contributed by atoms with van der Waals surface area (Å²) in [5.41, 5.74) is 2.44. The van der Waals surface area contributed by atoms with Crippen molar-refractivity contribution in [3.05, 3.63) is 35.4 Å². The molecular formula is C20H29N3O4. The van der Waals surface area contributed by atoms with Crippen LogP contribution in [0.5, 0.6) is 0 Å². The van der Waals surface area contributed by atoms with Crippen LogP contribution in [0.15, 0.2) is 24.3 Å². The monoisotopic (exact) mass is 375 g/mol. The van der Waals surface area contributed by atoms with Gasteiger partial charge in [-0.25, -0.2) is 4.79 Å². The highest BCUT2D eigenvalue weighted by molar-refractivity contribution is 5.75. The van der Waals surface area contributed by atoms with Crippen LogP contribution in [0.3, 0.4) is 0 Å². The van der Waals surface area contributed by atoms with E-state index in [2.05, 4.69) is 17.4 Å². The molecule has 0 heterocycles. The Morgan fingerprint density at radius 1 is 1.26 bits per heavy atom. The molecule has 1 unspecified atom stereocenters. The van der Waals surface area contributed by atoms with E-state index < -0.39 is 5.97 Å². The number of aliphatic carboxylic acids is 1. The highest BCUT2D eigenvalue weighted by Crippen LogP contribution is 2.36. The third-order valence-corrected chi connectivity index (χ3v) is 5.78. The van der Waals surface area contributed by atoms with Crippen molar-refractivity contribution < 1.29 is 19.8 Å². The molecule has 7 nitrogen and oxygen atoms in total. The molecule has 148 valence electrons. The van der Waals surface area contributed by atoms with Gasteiger partial charge < -0.3 is 20.4 Å². The highest BCUT2D eigenvalue weighted by Gasteiger charge is 2.37. The van der Waals surface area contributed by atoms with Gasteiger partial charge in [0.15, 0.2) is 0 Å². The lowest BCUT2D eigenvalue weighted by atomic mass is 9.85. The number of nitrogens with zero attached hydrogens (tertiary/aromatic N) is 2. The quantitative estimate of drug-likeness (QED) is 0.642. The van der Waals surface area contributed by atoms with Crippen LogP contribution >= 0.6 is 0 Å². The van der Waals surface area contributed by atoms with Gasteiger partial charge in [-0.1, -0.05) is 31.2 Å². The average Bonchev–Trinajstić information content (AvgIpc) is 3.04. The van der Waals surface area contributed by atoms with Gasteiger partial charge in [0.2, 0.25) is 0 Å². The number of carbonyl (C=O) groups is 2. The van der Waals surface area contributed by atoms with E-state index in [1.54, 1.807) is 4.90 Å². The lowest BCUT2D eigenvalue weighted by Crippen LogP contribution is -2.57. The Labute approximate surface area is 160 Å². The number of carboxylic acid groups (broad SMARTS) is 1. The normalized spacial score (nSPS) is 23.6. The molecule has 1 saturated carbocycles. The second kappa shape index (κ2) is 8.71. The Kier molecular flexibility index (Phi) is 6.34. The molecule has 1 fully saturated rings. The first-order chi connectivity index (χ1) is 13.0. The van der Waals surface area contributed by atoms with Crippen molar-refractivity contribution >= 4 is 12.0 Å². The fourth-order valence-electron chi connectivity index (χ4n) is 4.30. The number of amides is 2. The minimum atomic E-state index is -0.821. The second-order valence-electron chi connectivity index (χ2n) is 7.40. The van der Waals surface area contributed by atoms with E-state index in [1.165, 1.54) is 11.1 Å². The number of urea groups is 1. The number of aliphatic hydroxyl groups excluding tert-OH is 1. The number of carboxylic acids is 1. The fraction of sp³-hybridized carbons (Fsp3) is 0.600. The summed E-state index contributed by atoms with van der Waals surface area (Å²) in [7, 11) is 0. The highest BCUT2D eigenvalue weighted by atomic mass is 16.4. The van der Waals surface area contributed by atoms with Crippen molar-refractivity contribution in [2.45, 2.75) is 50.7 Å². The topological polar surface area (TPSA) is 93.1 Å². The zero-order chi connectivity index (χ0) is 19.4. The van der Waals surface area contributed by atoms with Gasteiger partial charge in [-0.15, -0.1) is 0 Å². The number of aliphatic hydroxyl groups is 1. The van der Waals surface area contributed by atoms with Crippen molar-refractivity contribution in [1.82, 2.24) is 15.1 Å². The van der Waals surface area contributed by atoms with Crippen LogP contribution in [0.1, 0.15) is 43.4 Å². The zero-order valence-corrected chi connectivity index (χ0v) is 15.8. The molecule has 0 saturated heterocycles. The number of hydrogen-bond acceptors (Lipinski definition) is 4. The van der Waals surface area contributed by atoms with Crippen LogP contribution in [0.4, 0.5) is 4.79 Å². The molecule has 2 aliphatic rings. The minimum Gasteiger partial charge on any atom is -0.480 e. The molecule has 3 N–H and O–H groups in total. The number of benzene rings is 1. The molecule has 7 heteroatoms. The van der Waals surface area contributed by atoms with Crippen LogP contribution in [-0.2, 0) is 11.2 Å². The maximum Gasteiger partial charge on any atom is 0.318 e. The Morgan fingerprint density at radius 2 is 2.00 bits per heavy atom. The SMILES string of the molecule is CCN(CC(=O)O)C1CC(NC(=O)N(CCO)C2CCc3ccccc32)C1. The van der Waals surface area contributed by atoms with Crippen LogP contribution in [0, 0.1) is 0 Å². The van der Waals surface area contributed by atoms with Gasteiger partial charge in [-0.05, 0) is 43.4 Å². The van der Waals surface area contributed by atoms with Crippen molar-refractivity contribution in [3.8, 4) is 0 Å². The predicted octanol–water partition coefficient (Wildman–Crippen LogP) is 1.62. The van der Waals surface area contributed by atoms with Gasteiger partial charge in [0, 0.05) is 18.6 Å². The number of carbonyl (C=O) groups excluding carboxylic acids is 1. The molecule has 1 aromatic carbocycles. The van der Waals surface area contributed by atoms with Crippen molar-refractivity contribution in [3.63, 3.8) is 0 Å². The van der Waals surface area contributed by atoms with E-state index in [9.17, 15) is 14.7 Å². The summed E-state index contributed by atoms with van der Waals surface area (Å²) in [6.45, 7) is 2.92. The fourth-order valence-corrected chi connectivity index (χ4v) is 4.30. The first-order valence-electron chi connectivity index (χ1n) is 9.75. The van der Waals surface area contributed by atoms with Gasteiger partial charge >= 0.3 is 12.0 Å². The summed E-state index contributed by atoms with van der Waals surface area (Å²) in [5.74, 6) is -0.821. The van der Waals surface area contributed by atoms with Crippen LogP contribution in [-0.4, -0.2) is 70.3 Å². The van der Waals surface area contributed by atoms with E-state index in [0.29, 0.717) is 13.1 Å². The van der Waals surface area contributed by atoms with E-state index in [1.807, 2.05) is 24.0 Å². The Morgan fingerprint density at radius 3 is 2.67 bits per heavy atom. The van der Waals surface area contributed by atoms with Gasteiger partial charge in [0.25, 0.3) is 0 Å². The van der Waals surface area contributed by atoms with Gasteiger partial charge in [0.1, 0.15) is 0 Å². The summed E-state index contributed by atoms with van der Waals surface area (Å²) in [6, 6.07) is 8.29. The Hall–Kier alpha value is -2.12. The first-order valence-corrected chi connectivity index (χ1v) is 9.75. The smallest absolute Gasteiger partial charge is 0.318 e. The van der Waals surface area contributed by atoms with Crippen LogP contribution in [0.2, 0.25) is 0 Å². The number of rotatable bonds is 8. The molecule has 0 radical (unpaired) electrons. The minimum absolute atomic E-state index is 0.00312. The summed E-state index contributed by atoms with van der Waals surface area (Å²) < 4.78 is 0. The molecule has 0 aliphatic heterocycles. The second-order valence-corrected chi connectivity index (χ2v) is 7.40. The maximum atomic E-state index is 12.9. The number of fused-ring (bicyclic) bond motifs is 1. The zero-order valence-electron chi connectivity index (χ0n) is 15.8. The molecule has 1 aromatic rings. The van der Waals surface area contributed by atoms with Crippen LogP contribution in [0.25, 0.3) is 0 Å². The first kappa shape index (κ1) is 19.6. The molecule has 0 bridgehead atoms. The number of aryl methyl sites for hydroxylation is 1. The third-order valence-electron chi connectivity index (χ3n) is 5.78. The molecule has 2 amide bonds. The molecule has 0 spiro atoms. The lowest BCUT2D eigenvalue weighted by Gasteiger charge is -2.43. The molecule has 2 aliphatic carbocycles.